The van der Waals surface area contributed by atoms with Gasteiger partial charge in [-0.2, -0.15) is 0 Å². The Balaban J connectivity index is 1.21. The molecule has 0 saturated heterocycles. The van der Waals surface area contributed by atoms with Gasteiger partial charge in [0.2, 0.25) is 0 Å². The van der Waals surface area contributed by atoms with Crippen LogP contribution in [0, 0.1) is 13.8 Å². The van der Waals surface area contributed by atoms with Crippen LogP contribution in [-0.4, -0.2) is 6.04 Å². The summed E-state index contributed by atoms with van der Waals surface area (Å²) in [6.45, 7) is 4.32. The van der Waals surface area contributed by atoms with Crippen LogP contribution in [0.25, 0.3) is 39.1 Å². The van der Waals surface area contributed by atoms with Crippen molar-refractivity contribution in [3.63, 3.8) is 0 Å². The van der Waals surface area contributed by atoms with Crippen molar-refractivity contribution >= 4 is 28.2 Å². The number of hydrogen-bond acceptors (Lipinski definition) is 1. The van der Waals surface area contributed by atoms with Crippen molar-refractivity contribution in [3.8, 4) is 22.3 Å². The van der Waals surface area contributed by atoms with Crippen molar-refractivity contribution in [2.24, 2.45) is 0 Å². The van der Waals surface area contributed by atoms with Crippen LogP contribution in [0.3, 0.4) is 0 Å². The van der Waals surface area contributed by atoms with Crippen LogP contribution >= 0.6 is 0 Å². The fourth-order valence-electron chi connectivity index (χ4n) is 8.98. The molecule has 1 nitrogen and oxygen atoms in total. The van der Waals surface area contributed by atoms with Crippen molar-refractivity contribution in [2.45, 2.75) is 31.7 Å². The molecule has 7 aromatic rings. The number of aryl methyl sites for hydroxylation is 2. The first kappa shape index (κ1) is 27.5. The van der Waals surface area contributed by atoms with Gasteiger partial charge >= 0.3 is 0 Å². The lowest BCUT2D eigenvalue weighted by atomic mass is 9.69. The van der Waals surface area contributed by atoms with Crippen molar-refractivity contribution in [2.75, 3.05) is 4.90 Å². The lowest BCUT2D eigenvalue weighted by Gasteiger charge is -2.35. The molecule has 0 aromatic heterocycles. The number of anilines is 2. The van der Waals surface area contributed by atoms with Gasteiger partial charge in [0.15, 0.2) is 0 Å². The zero-order chi connectivity index (χ0) is 32.0. The molecule has 0 saturated carbocycles. The fourth-order valence-corrected chi connectivity index (χ4v) is 8.98. The maximum atomic E-state index is 2.58. The van der Waals surface area contributed by atoms with E-state index in [1.165, 1.54) is 88.9 Å². The van der Waals surface area contributed by atoms with Crippen LogP contribution < -0.4 is 4.90 Å². The van der Waals surface area contributed by atoms with Crippen molar-refractivity contribution in [3.05, 3.63) is 196 Å². The second-order valence-corrected chi connectivity index (χ2v) is 13.8. The Morgan fingerprint density at radius 2 is 1.15 bits per heavy atom. The predicted octanol–water partition coefficient (Wildman–Crippen LogP) is 11.6. The molecule has 48 heavy (non-hydrogen) atoms. The average molecular weight is 614 g/mol. The Kier molecular flexibility index (Phi) is 5.82. The molecule has 0 bridgehead atoms. The first-order valence-electron chi connectivity index (χ1n) is 17.1. The molecule has 3 aliphatic carbocycles. The van der Waals surface area contributed by atoms with E-state index in [1.54, 1.807) is 0 Å². The van der Waals surface area contributed by atoms with Crippen LogP contribution in [0.15, 0.2) is 152 Å². The minimum atomic E-state index is -0.377. The Morgan fingerprint density at radius 1 is 0.542 bits per heavy atom. The molecule has 228 valence electrons. The SMILES string of the molecule is Cc1ccc(N(c2ccc(C)cc2)C2C=Cc3cc4c(cc3C2)C2(c3ccccc3-c3ccccc32)c2c-4ccc3ccccc23)cc1. The average Bonchev–Trinajstić information content (AvgIpc) is 3.59. The molecule has 0 aliphatic heterocycles. The number of rotatable bonds is 3. The van der Waals surface area contributed by atoms with Gasteiger partial charge in [-0.3, -0.25) is 0 Å². The number of hydrogen-bond donors (Lipinski definition) is 0. The Labute approximate surface area is 282 Å². The predicted molar refractivity (Wildman–Crippen MR) is 201 cm³/mol. The van der Waals surface area contributed by atoms with E-state index in [0.717, 1.165) is 6.42 Å². The molecule has 0 fully saturated rings. The Hall–Kier alpha value is -5.66. The summed E-state index contributed by atoms with van der Waals surface area (Å²) in [4.78, 5) is 2.52. The minimum Gasteiger partial charge on any atom is -0.334 e. The fraction of sp³-hybridized carbons (Fsp3) is 0.106. The van der Waals surface area contributed by atoms with Crippen molar-refractivity contribution in [1.29, 1.82) is 0 Å². The summed E-state index contributed by atoms with van der Waals surface area (Å²) in [7, 11) is 0. The number of benzene rings is 7. The highest BCUT2D eigenvalue weighted by Crippen LogP contribution is 2.64. The van der Waals surface area contributed by atoms with Crippen LogP contribution in [0.1, 0.15) is 44.5 Å². The summed E-state index contributed by atoms with van der Waals surface area (Å²) >= 11 is 0. The molecule has 1 spiro atoms. The molecule has 7 aromatic carbocycles. The lowest BCUT2D eigenvalue weighted by molar-refractivity contribution is 0.757. The van der Waals surface area contributed by atoms with Gasteiger partial charge < -0.3 is 4.90 Å². The van der Waals surface area contributed by atoms with Gasteiger partial charge in [0.1, 0.15) is 0 Å². The molecule has 1 heteroatoms. The second kappa shape index (κ2) is 10.2. The molecule has 0 heterocycles. The summed E-state index contributed by atoms with van der Waals surface area (Å²) in [5, 5.41) is 2.64. The minimum absolute atomic E-state index is 0.185. The third-order valence-electron chi connectivity index (χ3n) is 11.1. The first-order valence-corrected chi connectivity index (χ1v) is 17.1. The van der Waals surface area contributed by atoms with Gasteiger partial charge in [-0.05, 0) is 117 Å². The molecule has 0 radical (unpaired) electrons. The van der Waals surface area contributed by atoms with Crippen molar-refractivity contribution in [1.82, 2.24) is 0 Å². The van der Waals surface area contributed by atoms with Crippen LogP contribution in [0.2, 0.25) is 0 Å². The van der Waals surface area contributed by atoms with Gasteiger partial charge in [0.05, 0.1) is 11.5 Å². The van der Waals surface area contributed by atoms with E-state index in [-0.39, 0.29) is 11.5 Å². The molecular formula is C47H35N. The highest BCUT2D eigenvalue weighted by atomic mass is 15.2. The summed E-state index contributed by atoms with van der Waals surface area (Å²) < 4.78 is 0. The highest BCUT2D eigenvalue weighted by molar-refractivity contribution is 6.04. The summed E-state index contributed by atoms with van der Waals surface area (Å²) in [5.74, 6) is 0. The normalized spacial score (nSPS) is 15.9. The van der Waals surface area contributed by atoms with Gasteiger partial charge in [-0.25, -0.2) is 0 Å². The molecule has 0 N–H and O–H groups in total. The van der Waals surface area contributed by atoms with Gasteiger partial charge in [0, 0.05) is 11.4 Å². The highest BCUT2D eigenvalue weighted by Gasteiger charge is 2.52. The molecular weight excluding hydrogens is 579 g/mol. The molecule has 0 amide bonds. The second-order valence-electron chi connectivity index (χ2n) is 13.8. The topological polar surface area (TPSA) is 3.24 Å². The molecule has 10 rings (SSSR count). The largest absolute Gasteiger partial charge is 0.334 e. The third kappa shape index (κ3) is 3.73. The van der Waals surface area contributed by atoms with E-state index in [9.17, 15) is 0 Å². The number of fused-ring (bicyclic) bond motifs is 13. The number of nitrogens with zero attached hydrogens (tertiary/aromatic N) is 1. The van der Waals surface area contributed by atoms with Gasteiger partial charge in [0.25, 0.3) is 0 Å². The van der Waals surface area contributed by atoms with E-state index < -0.39 is 0 Å². The lowest BCUT2D eigenvalue weighted by Crippen LogP contribution is -2.33. The molecule has 3 aliphatic rings. The van der Waals surface area contributed by atoms with E-state index in [0.29, 0.717) is 0 Å². The summed E-state index contributed by atoms with van der Waals surface area (Å²) in [6, 6.07) is 55.2. The van der Waals surface area contributed by atoms with Gasteiger partial charge in [-0.1, -0.05) is 139 Å². The standard InChI is InChI=1S/C47H35N/c1-30-15-21-35(22-16-30)48(36-23-17-31(2)18-24-36)37-25-19-33-28-42-41-26-20-32-9-3-4-10-38(32)46(41)47(45(42)29-34(33)27-37)43-13-7-5-11-39(43)40-12-6-8-14-44(40)47/h3-26,28-29,37H,27H2,1-2H3. The smallest absolute Gasteiger partial charge is 0.0731 e. The maximum absolute atomic E-state index is 2.58. The van der Waals surface area contributed by atoms with Crippen LogP contribution in [0.4, 0.5) is 11.4 Å². The zero-order valence-corrected chi connectivity index (χ0v) is 27.2. The maximum Gasteiger partial charge on any atom is 0.0731 e. The molecule has 1 unspecified atom stereocenters. The van der Waals surface area contributed by atoms with E-state index in [1.807, 2.05) is 0 Å². The quantitative estimate of drug-likeness (QED) is 0.192. The van der Waals surface area contributed by atoms with Crippen molar-refractivity contribution < 1.29 is 0 Å². The summed E-state index contributed by atoms with van der Waals surface area (Å²) in [5.41, 5.74) is 18.4. The van der Waals surface area contributed by atoms with E-state index >= 15 is 0 Å². The Morgan fingerprint density at radius 3 is 1.81 bits per heavy atom. The van der Waals surface area contributed by atoms with Crippen LogP contribution in [-0.2, 0) is 11.8 Å². The first-order chi connectivity index (χ1) is 23.6. The van der Waals surface area contributed by atoms with E-state index in [2.05, 4.69) is 176 Å². The Bertz CT molecular complexity index is 2350. The monoisotopic (exact) mass is 613 g/mol. The van der Waals surface area contributed by atoms with Crippen LogP contribution in [0.5, 0.6) is 0 Å². The summed E-state index contributed by atoms with van der Waals surface area (Å²) in [6.07, 6.45) is 5.72. The van der Waals surface area contributed by atoms with Gasteiger partial charge in [-0.15, -0.1) is 0 Å². The zero-order valence-electron chi connectivity index (χ0n) is 27.2. The van der Waals surface area contributed by atoms with E-state index in [4.69, 9.17) is 0 Å². The molecule has 1 atom stereocenters. The third-order valence-corrected chi connectivity index (χ3v) is 11.1.